The third kappa shape index (κ3) is 3.81. The first-order chi connectivity index (χ1) is 17.8. The average molecular weight is 513 g/mol. The van der Waals surface area contributed by atoms with Gasteiger partial charge < -0.3 is 9.52 Å². The normalized spacial score (nSPS) is 16.1. The van der Waals surface area contributed by atoms with E-state index in [0.29, 0.717) is 21.4 Å². The van der Waals surface area contributed by atoms with Gasteiger partial charge in [-0.25, -0.2) is 9.37 Å². The number of furan rings is 1. The topological polar surface area (TPSA) is 83.6 Å². The monoisotopic (exact) mass is 512 g/mol. The lowest BCUT2D eigenvalue weighted by molar-refractivity contribution is -0.117. The van der Waals surface area contributed by atoms with Crippen molar-refractivity contribution >= 4 is 49.3 Å². The molecule has 0 saturated heterocycles. The van der Waals surface area contributed by atoms with E-state index in [1.54, 1.807) is 18.2 Å². The Morgan fingerprint density at radius 3 is 2.57 bits per heavy atom. The third-order valence-electron chi connectivity index (χ3n) is 6.57. The van der Waals surface area contributed by atoms with Gasteiger partial charge in [-0.05, 0) is 47.4 Å². The Morgan fingerprint density at radius 2 is 1.84 bits per heavy atom. The fourth-order valence-corrected chi connectivity index (χ4v) is 5.65. The molecule has 1 amide bonds. The molecular weight excluding hydrogens is 491 g/mol. The zero-order chi connectivity index (χ0) is 25.8. The van der Waals surface area contributed by atoms with Crippen LogP contribution in [0.1, 0.15) is 47.5 Å². The van der Waals surface area contributed by atoms with Gasteiger partial charge in [0.2, 0.25) is 5.78 Å². The number of hydrogen-bond acceptors (Lipinski definition) is 6. The van der Waals surface area contributed by atoms with Crippen LogP contribution >= 0.6 is 11.3 Å². The maximum absolute atomic E-state index is 13.8. The van der Waals surface area contributed by atoms with E-state index in [1.165, 1.54) is 23.1 Å². The van der Waals surface area contributed by atoms with Gasteiger partial charge in [0.1, 0.15) is 11.4 Å². The molecule has 0 radical (unpaired) electrons. The molecule has 0 spiro atoms. The lowest BCUT2D eigenvalue weighted by Crippen LogP contribution is -2.31. The van der Waals surface area contributed by atoms with E-state index in [-0.39, 0.29) is 22.4 Å². The summed E-state index contributed by atoms with van der Waals surface area (Å²) in [4.78, 5) is 33.1. The number of carbonyl (C=O) groups excluding carboxylic acids is 2. The molecule has 0 bridgehead atoms. The fraction of sp³-hybridized carbons (Fsp3) is 0.138. The first-order valence-electron chi connectivity index (χ1n) is 11.8. The minimum atomic E-state index is -0.945. The number of aliphatic hydroxyl groups excluding tert-OH is 1. The van der Waals surface area contributed by atoms with E-state index in [9.17, 15) is 19.1 Å². The molecule has 3 heterocycles. The van der Waals surface area contributed by atoms with E-state index < -0.39 is 29.3 Å². The highest BCUT2D eigenvalue weighted by Gasteiger charge is 2.46. The summed E-state index contributed by atoms with van der Waals surface area (Å²) >= 11 is 1.12. The highest BCUT2D eigenvalue weighted by molar-refractivity contribution is 7.22. The fourth-order valence-electron chi connectivity index (χ4n) is 4.63. The van der Waals surface area contributed by atoms with Crippen LogP contribution in [0, 0.1) is 5.82 Å². The van der Waals surface area contributed by atoms with Crippen LogP contribution < -0.4 is 4.90 Å². The van der Waals surface area contributed by atoms with Crippen molar-refractivity contribution in [1.82, 2.24) is 4.98 Å². The molecule has 0 aliphatic carbocycles. The van der Waals surface area contributed by atoms with Crippen molar-refractivity contribution in [3.63, 3.8) is 0 Å². The minimum Gasteiger partial charge on any atom is -0.503 e. The Bertz CT molecular complexity index is 1700. The molecule has 1 aliphatic rings. The van der Waals surface area contributed by atoms with Crippen LogP contribution in [0.5, 0.6) is 0 Å². The summed E-state index contributed by atoms with van der Waals surface area (Å²) in [6.07, 6.45) is 0. The van der Waals surface area contributed by atoms with Crippen LogP contribution in [0.25, 0.3) is 21.2 Å². The number of aliphatic hydroxyl groups is 1. The lowest BCUT2D eigenvalue weighted by Gasteiger charge is -2.24. The van der Waals surface area contributed by atoms with Crippen LogP contribution in [0.4, 0.5) is 9.52 Å². The second-order valence-electron chi connectivity index (χ2n) is 9.25. The largest absolute Gasteiger partial charge is 0.503 e. The predicted octanol–water partition coefficient (Wildman–Crippen LogP) is 7.09. The molecule has 0 fully saturated rings. The lowest BCUT2D eigenvalue weighted by atomic mass is 9.93. The summed E-state index contributed by atoms with van der Waals surface area (Å²) < 4.78 is 20.2. The summed E-state index contributed by atoms with van der Waals surface area (Å²) in [5.74, 6) is -2.11. The van der Waals surface area contributed by atoms with Crippen molar-refractivity contribution in [2.75, 3.05) is 4.90 Å². The zero-order valence-corrected chi connectivity index (χ0v) is 20.8. The van der Waals surface area contributed by atoms with E-state index in [2.05, 4.69) is 18.8 Å². The number of thiazole rings is 1. The number of halogens is 1. The third-order valence-corrected chi connectivity index (χ3v) is 7.58. The number of amides is 1. The standard InChI is InChI=1S/C29H21FN2O4S/c1-15(2)16-7-9-17(10-8-16)25-24(26(33)22-13-18-5-3-4-6-21(18)36-22)27(34)28(35)32(25)29-31-20-12-11-19(30)14-23(20)37-29/h3-15,25,34H,1-2H3. The number of para-hydroxylation sites is 1. The predicted molar refractivity (Wildman–Crippen MR) is 141 cm³/mol. The van der Waals surface area contributed by atoms with Gasteiger partial charge >= 0.3 is 0 Å². The van der Waals surface area contributed by atoms with Gasteiger partial charge in [-0.2, -0.15) is 0 Å². The van der Waals surface area contributed by atoms with Gasteiger partial charge in [-0.1, -0.05) is 67.6 Å². The van der Waals surface area contributed by atoms with Gasteiger partial charge in [-0.15, -0.1) is 0 Å². The van der Waals surface area contributed by atoms with Crippen molar-refractivity contribution in [2.45, 2.75) is 25.8 Å². The maximum Gasteiger partial charge on any atom is 0.296 e. The Balaban J connectivity index is 1.50. The zero-order valence-electron chi connectivity index (χ0n) is 19.9. The Labute approximate surface area is 215 Å². The van der Waals surface area contributed by atoms with Crippen LogP contribution in [0.2, 0.25) is 0 Å². The second kappa shape index (κ2) is 8.67. The molecular formula is C29H21FN2O4S. The molecule has 8 heteroatoms. The Morgan fingerprint density at radius 1 is 1.08 bits per heavy atom. The maximum atomic E-state index is 13.8. The van der Waals surface area contributed by atoms with Gasteiger partial charge in [0.15, 0.2) is 16.7 Å². The number of rotatable bonds is 5. The SMILES string of the molecule is CC(C)c1ccc(C2C(C(=O)c3cc4ccccc4o3)=C(O)C(=O)N2c2nc3ccc(F)cc3s2)cc1. The second-order valence-corrected chi connectivity index (χ2v) is 10.3. The van der Waals surface area contributed by atoms with Crippen LogP contribution in [0.15, 0.2) is 88.5 Å². The molecule has 1 aliphatic heterocycles. The summed E-state index contributed by atoms with van der Waals surface area (Å²) in [6.45, 7) is 4.14. The molecule has 2 aromatic heterocycles. The van der Waals surface area contributed by atoms with Gasteiger partial charge in [0.05, 0.1) is 21.8 Å². The van der Waals surface area contributed by atoms with Crippen molar-refractivity contribution in [3.05, 3.63) is 107 Å². The van der Waals surface area contributed by atoms with E-state index >= 15 is 0 Å². The van der Waals surface area contributed by atoms with Crippen LogP contribution in [-0.2, 0) is 4.79 Å². The quantitative estimate of drug-likeness (QED) is 0.254. The van der Waals surface area contributed by atoms with Crippen molar-refractivity contribution < 1.29 is 23.5 Å². The highest BCUT2D eigenvalue weighted by atomic mass is 32.1. The van der Waals surface area contributed by atoms with Crippen LogP contribution in [0.3, 0.4) is 0 Å². The molecule has 184 valence electrons. The van der Waals surface area contributed by atoms with Gasteiger partial charge in [0, 0.05) is 5.39 Å². The number of ketones is 1. The molecule has 1 unspecified atom stereocenters. The number of hydrogen-bond donors (Lipinski definition) is 1. The molecule has 0 saturated carbocycles. The Hall–Kier alpha value is -4.30. The molecule has 6 nitrogen and oxygen atoms in total. The number of aromatic nitrogens is 1. The summed E-state index contributed by atoms with van der Waals surface area (Å²) in [7, 11) is 0. The average Bonchev–Trinajstić information content (AvgIpc) is 3.57. The summed E-state index contributed by atoms with van der Waals surface area (Å²) in [5.41, 5.74) is 2.67. The van der Waals surface area contributed by atoms with Crippen molar-refractivity contribution in [3.8, 4) is 0 Å². The molecule has 5 aromatic rings. The van der Waals surface area contributed by atoms with E-state index in [1.807, 2.05) is 36.4 Å². The van der Waals surface area contributed by atoms with Crippen molar-refractivity contribution in [2.24, 2.45) is 0 Å². The van der Waals surface area contributed by atoms with E-state index in [4.69, 9.17) is 4.42 Å². The smallest absolute Gasteiger partial charge is 0.296 e. The summed E-state index contributed by atoms with van der Waals surface area (Å²) in [5, 5.41) is 12.0. The number of carbonyl (C=O) groups is 2. The number of anilines is 1. The highest BCUT2D eigenvalue weighted by Crippen LogP contribution is 2.44. The minimum absolute atomic E-state index is 0.0209. The number of Topliss-reactive ketones (excluding diaryl/α,β-unsaturated/α-hetero) is 1. The molecule has 3 aromatic carbocycles. The summed E-state index contributed by atoms with van der Waals surface area (Å²) in [6, 6.07) is 19.6. The Kier molecular flexibility index (Phi) is 5.42. The first kappa shape index (κ1) is 23.1. The number of fused-ring (bicyclic) bond motifs is 2. The molecule has 6 rings (SSSR count). The van der Waals surface area contributed by atoms with Gasteiger partial charge in [0.25, 0.3) is 5.91 Å². The number of nitrogens with zero attached hydrogens (tertiary/aromatic N) is 2. The van der Waals surface area contributed by atoms with Crippen molar-refractivity contribution in [1.29, 1.82) is 0 Å². The van der Waals surface area contributed by atoms with Crippen LogP contribution in [-0.4, -0.2) is 21.8 Å². The molecule has 1 N–H and O–H groups in total. The number of benzene rings is 3. The van der Waals surface area contributed by atoms with E-state index in [0.717, 1.165) is 22.3 Å². The molecule has 1 atom stereocenters. The first-order valence-corrected chi connectivity index (χ1v) is 12.6. The van der Waals surface area contributed by atoms with Gasteiger partial charge in [-0.3, -0.25) is 14.5 Å². The molecule has 37 heavy (non-hydrogen) atoms.